The Labute approximate surface area is 172 Å². The van der Waals surface area contributed by atoms with Crippen LogP contribution in [0.1, 0.15) is 44.0 Å². The summed E-state index contributed by atoms with van der Waals surface area (Å²) in [6, 6.07) is 7.47. The fourth-order valence-electron chi connectivity index (χ4n) is 3.73. The van der Waals surface area contributed by atoms with E-state index in [9.17, 15) is 9.59 Å². The van der Waals surface area contributed by atoms with Gasteiger partial charge in [-0.3, -0.25) is 9.59 Å². The number of hydrogen-bond donors (Lipinski definition) is 1. The molecule has 0 unspecified atom stereocenters. The number of halogens is 1. The molecule has 1 saturated heterocycles. The summed E-state index contributed by atoms with van der Waals surface area (Å²) < 4.78 is 1.62. The zero-order chi connectivity index (χ0) is 20.5. The van der Waals surface area contributed by atoms with Crippen LogP contribution in [0, 0.1) is 5.92 Å². The molecule has 0 radical (unpaired) electrons. The molecule has 1 aromatic carbocycles. The van der Waals surface area contributed by atoms with Crippen molar-refractivity contribution in [2.24, 2.45) is 5.92 Å². The van der Waals surface area contributed by atoms with Crippen LogP contribution in [0.2, 0.25) is 5.02 Å². The number of nitrogens with zero attached hydrogens (tertiary/aromatic N) is 5. The molecule has 29 heavy (non-hydrogen) atoms. The standard InChI is InChI=1S/C20H23ClN6O2/c1-12(2)20(29)26-8-6-14(7-9-26)17-22-18-16(19(28)23-17)24-25-27(18)11-13-4-3-5-15(21)10-13/h3-5,10,12,14H,6-9,11H2,1-2H3,(H,22,23,28). The fourth-order valence-corrected chi connectivity index (χ4v) is 3.94. The molecule has 9 heteroatoms. The molecular formula is C20H23ClN6O2. The highest BCUT2D eigenvalue weighted by atomic mass is 35.5. The Morgan fingerprint density at radius 3 is 2.76 bits per heavy atom. The topological polar surface area (TPSA) is 96.8 Å². The maximum Gasteiger partial charge on any atom is 0.281 e. The van der Waals surface area contributed by atoms with Crippen LogP contribution < -0.4 is 5.56 Å². The van der Waals surface area contributed by atoms with E-state index in [1.807, 2.05) is 43.0 Å². The number of benzene rings is 1. The number of H-pyrrole nitrogens is 1. The molecule has 0 atom stereocenters. The maximum atomic E-state index is 12.5. The first kappa shape index (κ1) is 19.6. The Balaban J connectivity index is 1.59. The summed E-state index contributed by atoms with van der Waals surface area (Å²) in [7, 11) is 0. The average molecular weight is 415 g/mol. The summed E-state index contributed by atoms with van der Waals surface area (Å²) in [6.07, 6.45) is 1.53. The lowest BCUT2D eigenvalue weighted by Gasteiger charge is -2.32. The molecule has 8 nitrogen and oxygen atoms in total. The van der Waals surface area contributed by atoms with Crippen molar-refractivity contribution in [2.45, 2.75) is 39.2 Å². The molecule has 1 aliphatic heterocycles. The Kier molecular flexibility index (Phi) is 5.36. The van der Waals surface area contributed by atoms with E-state index in [1.165, 1.54) is 0 Å². The molecule has 2 aromatic heterocycles. The first-order valence-corrected chi connectivity index (χ1v) is 10.2. The molecule has 1 amide bonds. The van der Waals surface area contributed by atoms with E-state index in [2.05, 4.69) is 20.3 Å². The summed E-state index contributed by atoms with van der Waals surface area (Å²) in [6.45, 7) is 5.59. The molecule has 3 heterocycles. The lowest BCUT2D eigenvalue weighted by molar-refractivity contribution is -0.135. The zero-order valence-electron chi connectivity index (χ0n) is 16.4. The van der Waals surface area contributed by atoms with Gasteiger partial charge in [-0.05, 0) is 30.5 Å². The summed E-state index contributed by atoms with van der Waals surface area (Å²) >= 11 is 6.06. The largest absolute Gasteiger partial charge is 0.342 e. The number of amides is 1. The van der Waals surface area contributed by atoms with Crippen molar-refractivity contribution in [3.8, 4) is 0 Å². The monoisotopic (exact) mass is 414 g/mol. The minimum Gasteiger partial charge on any atom is -0.342 e. The molecule has 1 aliphatic rings. The number of carbonyl (C=O) groups is 1. The lowest BCUT2D eigenvalue weighted by Crippen LogP contribution is -2.40. The first-order chi connectivity index (χ1) is 13.9. The summed E-state index contributed by atoms with van der Waals surface area (Å²) in [5.74, 6) is 0.892. The third-order valence-electron chi connectivity index (χ3n) is 5.30. The van der Waals surface area contributed by atoms with Gasteiger partial charge in [-0.1, -0.05) is 42.8 Å². The van der Waals surface area contributed by atoms with Gasteiger partial charge >= 0.3 is 0 Å². The molecule has 0 bridgehead atoms. The third-order valence-corrected chi connectivity index (χ3v) is 5.54. The van der Waals surface area contributed by atoms with Crippen molar-refractivity contribution < 1.29 is 4.79 Å². The van der Waals surface area contributed by atoms with Gasteiger partial charge in [-0.2, -0.15) is 0 Å². The van der Waals surface area contributed by atoms with E-state index in [-0.39, 0.29) is 28.8 Å². The lowest BCUT2D eigenvalue weighted by atomic mass is 9.95. The van der Waals surface area contributed by atoms with E-state index in [0.717, 1.165) is 18.4 Å². The third kappa shape index (κ3) is 4.03. The average Bonchev–Trinajstić information content (AvgIpc) is 3.11. The van der Waals surface area contributed by atoms with Crippen LogP contribution in [0.5, 0.6) is 0 Å². The Bertz CT molecular complexity index is 1100. The van der Waals surface area contributed by atoms with Crippen LogP contribution in [0.4, 0.5) is 0 Å². The number of likely N-dealkylation sites (tertiary alicyclic amines) is 1. The van der Waals surface area contributed by atoms with Crippen molar-refractivity contribution in [1.29, 1.82) is 0 Å². The number of aromatic nitrogens is 5. The molecule has 1 fully saturated rings. The van der Waals surface area contributed by atoms with E-state index >= 15 is 0 Å². The number of hydrogen-bond acceptors (Lipinski definition) is 5. The van der Waals surface area contributed by atoms with Crippen molar-refractivity contribution in [3.63, 3.8) is 0 Å². The number of fused-ring (bicyclic) bond motifs is 1. The van der Waals surface area contributed by atoms with Crippen molar-refractivity contribution in [3.05, 3.63) is 51.0 Å². The van der Waals surface area contributed by atoms with Gasteiger partial charge in [0.05, 0.1) is 6.54 Å². The van der Waals surface area contributed by atoms with Gasteiger partial charge < -0.3 is 9.88 Å². The van der Waals surface area contributed by atoms with Gasteiger partial charge in [0.1, 0.15) is 5.82 Å². The Morgan fingerprint density at radius 2 is 2.07 bits per heavy atom. The highest BCUT2D eigenvalue weighted by Gasteiger charge is 2.27. The van der Waals surface area contributed by atoms with Crippen molar-refractivity contribution >= 4 is 28.7 Å². The number of aromatic amines is 1. The van der Waals surface area contributed by atoms with Crippen LogP contribution in [0.25, 0.3) is 11.2 Å². The van der Waals surface area contributed by atoms with Crippen LogP contribution >= 0.6 is 11.6 Å². The number of nitrogens with one attached hydrogen (secondary N) is 1. The fraction of sp³-hybridized carbons (Fsp3) is 0.450. The molecule has 0 saturated carbocycles. The smallest absolute Gasteiger partial charge is 0.281 e. The summed E-state index contributed by atoms with van der Waals surface area (Å²) in [5.41, 5.74) is 1.35. The van der Waals surface area contributed by atoms with E-state index in [4.69, 9.17) is 11.6 Å². The van der Waals surface area contributed by atoms with Crippen LogP contribution in [0.3, 0.4) is 0 Å². The van der Waals surface area contributed by atoms with E-state index < -0.39 is 0 Å². The maximum absolute atomic E-state index is 12.5. The molecule has 1 N–H and O–H groups in total. The highest BCUT2D eigenvalue weighted by molar-refractivity contribution is 6.30. The summed E-state index contributed by atoms with van der Waals surface area (Å²) in [4.78, 5) is 34.2. The minimum atomic E-state index is -0.289. The second-order valence-corrected chi connectivity index (χ2v) is 8.19. The van der Waals surface area contributed by atoms with Crippen molar-refractivity contribution in [2.75, 3.05) is 13.1 Å². The SMILES string of the molecule is CC(C)C(=O)N1CCC(c2nc3c(nnn3Cc3cccc(Cl)c3)c(=O)[nH]2)CC1. The first-order valence-electron chi connectivity index (χ1n) is 9.79. The van der Waals surface area contributed by atoms with Gasteiger partial charge in [0.15, 0.2) is 11.2 Å². The molecule has 0 spiro atoms. The molecule has 0 aliphatic carbocycles. The van der Waals surface area contributed by atoms with Gasteiger partial charge in [0.2, 0.25) is 5.91 Å². The second-order valence-electron chi connectivity index (χ2n) is 7.75. The summed E-state index contributed by atoms with van der Waals surface area (Å²) in [5, 5.41) is 8.75. The minimum absolute atomic E-state index is 0.00672. The van der Waals surface area contributed by atoms with Gasteiger partial charge in [-0.15, -0.1) is 5.10 Å². The van der Waals surface area contributed by atoms with Crippen LogP contribution in [-0.4, -0.2) is 48.9 Å². The van der Waals surface area contributed by atoms with Gasteiger partial charge in [0.25, 0.3) is 5.56 Å². The molecular weight excluding hydrogens is 392 g/mol. The van der Waals surface area contributed by atoms with E-state index in [0.29, 0.717) is 36.1 Å². The second kappa shape index (κ2) is 7.94. The van der Waals surface area contributed by atoms with Crippen LogP contribution in [-0.2, 0) is 11.3 Å². The van der Waals surface area contributed by atoms with Gasteiger partial charge in [0, 0.05) is 29.9 Å². The number of rotatable bonds is 4. The molecule has 152 valence electrons. The quantitative estimate of drug-likeness (QED) is 0.707. The molecule has 3 aromatic rings. The number of piperidine rings is 1. The Morgan fingerprint density at radius 1 is 1.31 bits per heavy atom. The predicted octanol–water partition coefficient (Wildman–Crippen LogP) is 2.58. The normalized spacial score (nSPS) is 15.4. The number of carbonyl (C=O) groups excluding carboxylic acids is 1. The van der Waals surface area contributed by atoms with E-state index in [1.54, 1.807) is 4.68 Å². The highest BCUT2D eigenvalue weighted by Crippen LogP contribution is 2.26. The van der Waals surface area contributed by atoms with Gasteiger partial charge in [-0.25, -0.2) is 9.67 Å². The van der Waals surface area contributed by atoms with Crippen LogP contribution in [0.15, 0.2) is 29.1 Å². The predicted molar refractivity (Wildman–Crippen MR) is 110 cm³/mol. The zero-order valence-corrected chi connectivity index (χ0v) is 17.2. The van der Waals surface area contributed by atoms with Crippen molar-refractivity contribution in [1.82, 2.24) is 29.9 Å². The Hall–Kier alpha value is -2.74. The molecule has 4 rings (SSSR count).